The average molecular weight is 230 g/mol. The molecule has 0 aliphatic rings. The molecule has 0 bridgehead atoms. The van der Waals surface area contributed by atoms with E-state index in [1.807, 2.05) is 0 Å². The Kier molecular flexibility index (Phi) is 2.92. The third-order valence-corrected chi connectivity index (χ3v) is 2.20. The van der Waals surface area contributed by atoms with Gasteiger partial charge >= 0.3 is 0 Å². The van der Waals surface area contributed by atoms with Crippen LogP contribution < -0.4 is 5.32 Å². The van der Waals surface area contributed by atoms with Gasteiger partial charge in [-0.15, -0.1) is 5.92 Å². The second-order valence-corrected chi connectivity index (χ2v) is 3.32. The van der Waals surface area contributed by atoms with Gasteiger partial charge in [0.05, 0.1) is 22.5 Å². The van der Waals surface area contributed by atoms with Gasteiger partial charge in [0.15, 0.2) is 0 Å². The molecule has 2 N–H and O–H groups in total. The fourth-order valence-corrected chi connectivity index (χ4v) is 1.41. The van der Waals surface area contributed by atoms with Crippen LogP contribution in [0.1, 0.15) is 6.92 Å². The van der Waals surface area contributed by atoms with Gasteiger partial charge in [-0.05, 0) is 13.0 Å². The summed E-state index contributed by atoms with van der Waals surface area (Å²) in [5, 5.41) is 13.6. The van der Waals surface area contributed by atoms with E-state index in [1.54, 1.807) is 13.0 Å². The van der Waals surface area contributed by atoms with Crippen LogP contribution in [-0.2, 0) is 0 Å². The van der Waals surface area contributed by atoms with Gasteiger partial charge in [-0.25, -0.2) is 4.98 Å². The van der Waals surface area contributed by atoms with Crippen molar-refractivity contribution in [2.24, 2.45) is 0 Å². The molecule has 0 radical (unpaired) electrons. The zero-order valence-electron chi connectivity index (χ0n) is 9.15. The van der Waals surface area contributed by atoms with Gasteiger partial charge in [0, 0.05) is 12.1 Å². The zero-order chi connectivity index (χ0) is 12.3. The molecule has 0 atom stereocenters. The van der Waals surface area contributed by atoms with E-state index in [2.05, 4.69) is 27.1 Å². The summed E-state index contributed by atoms with van der Waals surface area (Å²) in [5.41, 5.74) is 1.36. The van der Waals surface area contributed by atoms with Crippen molar-refractivity contribution in [3.63, 3.8) is 0 Å². The molecule has 6 heteroatoms. The van der Waals surface area contributed by atoms with Crippen molar-refractivity contribution >= 4 is 22.7 Å². The number of non-ortho nitro benzene ring substituents is 1. The summed E-state index contributed by atoms with van der Waals surface area (Å²) in [4.78, 5) is 17.3. The number of hydrogen-bond donors (Lipinski definition) is 2. The summed E-state index contributed by atoms with van der Waals surface area (Å²) < 4.78 is 0. The van der Waals surface area contributed by atoms with Gasteiger partial charge in [-0.2, -0.15) is 0 Å². The maximum absolute atomic E-state index is 10.6. The topological polar surface area (TPSA) is 83.8 Å². The molecule has 0 saturated carbocycles. The highest BCUT2D eigenvalue weighted by Crippen LogP contribution is 2.20. The summed E-state index contributed by atoms with van der Waals surface area (Å²) >= 11 is 0. The second-order valence-electron chi connectivity index (χ2n) is 3.32. The highest BCUT2D eigenvalue weighted by atomic mass is 16.6. The molecule has 86 valence electrons. The molecule has 0 unspecified atom stereocenters. The van der Waals surface area contributed by atoms with Crippen molar-refractivity contribution in [1.29, 1.82) is 0 Å². The highest BCUT2D eigenvalue weighted by molar-refractivity contribution is 5.79. The van der Waals surface area contributed by atoms with E-state index in [0.717, 1.165) is 0 Å². The fraction of sp³-hybridized carbons (Fsp3) is 0.182. The Bertz CT molecular complexity index is 621. The Morgan fingerprint density at radius 1 is 1.59 bits per heavy atom. The molecule has 0 aliphatic heterocycles. The standard InChI is InChI=1S/C11H10N4O2/c1-2-3-6-12-11-13-9-5-4-8(15(16)17)7-10(9)14-11/h4-5,7H,6H2,1H3,(H2,12,13,14). The minimum atomic E-state index is -0.435. The van der Waals surface area contributed by atoms with E-state index in [1.165, 1.54) is 12.1 Å². The third-order valence-electron chi connectivity index (χ3n) is 2.20. The summed E-state index contributed by atoms with van der Waals surface area (Å²) in [5.74, 6) is 6.15. The highest BCUT2D eigenvalue weighted by Gasteiger charge is 2.08. The lowest BCUT2D eigenvalue weighted by Gasteiger charge is -1.93. The largest absolute Gasteiger partial charge is 0.345 e. The smallest absolute Gasteiger partial charge is 0.271 e. The number of aromatic nitrogens is 2. The molecule has 0 fully saturated rings. The number of H-pyrrole nitrogens is 1. The molecule has 0 saturated heterocycles. The Morgan fingerprint density at radius 3 is 3.12 bits per heavy atom. The normalized spacial score (nSPS) is 9.71. The van der Waals surface area contributed by atoms with E-state index in [0.29, 0.717) is 23.5 Å². The van der Waals surface area contributed by atoms with Gasteiger partial charge in [0.2, 0.25) is 5.95 Å². The van der Waals surface area contributed by atoms with Crippen LogP contribution >= 0.6 is 0 Å². The first-order valence-electron chi connectivity index (χ1n) is 4.98. The summed E-state index contributed by atoms with van der Waals surface area (Å²) in [6.45, 7) is 2.24. The molecular formula is C11H10N4O2. The second kappa shape index (κ2) is 4.53. The van der Waals surface area contributed by atoms with Crippen LogP contribution in [0.2, 0.25) is 0 Å². The zero-order valence-corrected chi connectivity index (χ0v) is 9.15. The predicted octanol–water partition coefficient (Wildman–Crippen LogP) is 1.91. The van der Waals surface area contributed by atoms with Crippen molar-refractivity contribution in [2.75, 3.05) is 11.9 Å². The number of hydrogen-bond acceptors (Lipinski definition) is 4. The van der Waals surface area contributed by atoms with Crippen molar-refractivity contribution in [3.05, 3.63) is 28.3 Å². The minimum absolute atomic E-state index is 0.0426. The molecule has 1 aromatic heterocycles. The van der Waals surface area contributed by atoms with Gasteiger partial charge in [0.25, 0.3) is 5.69 Å². The van der Waals surface area contributed by atoms with Gasteiger partial charge in [-0.1, -0.05) is 5.92 Å². The number of imidazole rings is 1. The molecule has 17 heavy (non-hydrogen) atoms. The first-order chi connectivity index (χ1) is 8.20. The Labute approximate surface area is 97.2 Å². The van der Waals surface area contributed by atoms with Crippen LogP contribution in [-0.4, -0.2) is 21.4 Å². The van der Waals surface area contributed by atoms with Crippen LogP contribution in [0.3, 0.4) is 0 Å². The summed E-state index contributed by atoms with van der Waals surface area (Å²) in [6, 6.07) is 4.50. The molecule has 0 amide bonds. The number of aromatic amines is 1. The number of fused-ring (bicyclic) bond motifs is 1. The summed E-state index contributed by atoms with van der Waals surface area (Å²) in [6.07, 6.45) is 0. The lowest BCUT2D eigenvalue weighted by Crippen LogP contribution is -1.99. The number of nitrogens with zero attached hydrogens (tertiary/aromatic N) is 2. The van der Waals surface area contributed by atoms with Crippen molar-refractivity contribution in [2.45, 2.75) is 6.92 Å². The van der Waals surface area contributed by atoms with E-state index in [-0.39, 0.29) is 5.69 Å². The molecule has 6 nitrogen and oxygen atoms in total. The maximum Gasteiger partial charge on any atom is 0.271 e. The first kappa shape index (κ1) is 11.0. The quantitative estimate of drug-likeness (QED) is 0.479. The Hall–Kier alpha value is -2.55. The third kappa shape index (κ3) is 2.34. The number of nitro benzene ring substituents is 1. The monoisotopic (exact) mass is 230 g/mol. The molecule has 0 aliphatic carbocycles. The van der Waals surface area contributed by atoms with Gasteiger partial charge in [0.1, 0.15) is 0 Å². The molecular weight excluding hydrogens is 220 g/mol. The minimum Gasteiger partial charge on any atom is -0.345 e. The molecule has 2 aromatic rings. The van der Waals surface area contributed by atoms with Crippen molar-refractivity contribution in [1.82, 2.24) is 9.97 Å². The summed E-state index contributed by atoms with van der Waals surface area (Å²) in [7, 11) is 0. The van der Waals surface area contributed by atoms with Crippen LogP contribution in [0.5, 0.6) is 0 Å². The Morgan fingerprint density at radius 2 is 2.41 bits per heavy atom. The average Bonchev–Trinajstić information content (AvgIpc) is 2.70. The first-order valence-corrected chi connectivity index (χ1v) is 4.98. The Balaban J connectivity index is 2.29. The predicted molar refractivity (Wildman–Crippen MR) is 64.7 cm³/mol. The molecule has 0 spiro atoms. The van der Waals surface area contributed by atoms with Crippen LogP contribution in [0.25, 0.3) is 11.0 Å². The molecule has 1 heterocycles. The number of rotatable bonds is 3. The van der Waals surface area contributed by atoms with Gasteiger partial charge in [-0.3, -0.25) is 10.1 Å². The SMILES string of the molecule is CC#CCNc1nc2ccc([N+](=O)[O-])cc2[nH]1. The van der Waals surface area contributed by atoms with E-state index in [9.17, 15) is 10.1 Å². The molecule has 2 rings (SSSR count). The van der Waals surface area contributed by atoms with Crippen molar-refractivity contribution in [3.8, 4) is 11.8 Å². The number of benzene rings is 1. The van der Waals surface area contributed by atoms with Gasteiger partial charge < -0.3 is 10.3 Å². The number of nitro groups is 1. The van der Waals surface area contributed by atoms with Crippen LogP contribution in [0, 0.1) is 22.0 Å². The van der Waals surface area contributed by atoms with E-state index < -0.39 is 4.92 Å². The lowest BCUT2D eigenvalue weighted by atomic mass is 10.3. The molecule has 1 aromatic carbocycles. The number of anilines is 1. The fourth-order valence-electron chi connectivity index (χ4n) is 1.41. The lowest BCUT2D eigenvalue weighted by molar-refractivity contribution is -0.384. The van der Waals surface area contributed by atoms with E-state index in [4.69, 9.17) is 0 Å². The van der Waals surface area contributed by atoms with Crippen molar-refractivity contribution < 1.29 is 4.92 Å². The van der Waals surface area contributed by atoms with Crippen LogP contribution in [0.4, 0.5) is 11.6 Å². The van der Waals surface area contributed by atoms with E-state index >= 15 is 0 Å². The number of nitrogens with one attached hydrogen (secondary N) is 2. The maximum atomic E-state index is 10.6. The van der Waals surface area contributed by atoms with Crippen LogP contribution in [0.15, 0.2) is 18.2 Å².